The Morgan fingerprint density at radius 2 is 1.75 bits per heavy atom. The van der Waals surface area contributed by atoms with Crippen LogP contribution in [0.3, 0.4) is 0 Å². The molecule has 0 aliphatic heterocycles. The second-order valence-corrected chi connectivity index (χ2v) is 6.08. The highest BCUT2D eigenvalue weighted by atomic mass is 35.5. The lowest BCUT2D eigenvalue weighted by Crippen LogP contribution is -2.20. The van der Waals surface area contributed by atoms with Gasteiger partial charge in [-0.15, -0.1) is 0 Å². The summed E-state index contributed by atoms with van der Waals surface area (Å²) in [5.74, 6) is 0. The molecule has 0 bridgehead atoms. The molecule has 1 aromatic rings. The summed E-state index contributed by atoms with van der Waals surface area (Å²) in [6.07, 6.45) is 9.32. The Morgan fingerprint density at radius 3 is 2.40 bits per heavy atom. The Labute approximate surface area is 130 Å². The summed E-state index contributed by atoms with van der Waals surface area (Å²) in [4.78, 5) is 0. The van der Waals surface area contributed by atoms with Gasteiger partial charge in [-0.3, -0.25) is 0 Å². The van der Waals surface area contributed by atoms with Crippen LogP contribution in [0.25, 0.3) is 0 Å². The molecule has 1 rings (SSSR count). The van der Waals surface area contributed by atoms with Crippen molar-refractivity contribution in [1.82, 2.24) is 5.32 Å². The number of hydrogen-bond donors (Lipinski definition) is 1. The third-order valence-corrected chi connectivity index (χ3v) is 4.30. The van der Waals surface area contributed by atoms with Gasteiger partial charge >= 0.3 is 0 Å². The molecule has 0 aliphatic carbocycles. The maximum absolute atomic E-state index is 6.25. The molecule has 114 valence electrons. The Kier molecular flexibility index (Phi) is 8.97. The number of benzene rings is 1. The summed E-state index contributed by atoms with van der Waals surface area (Å²) in [7, 11) is 0. The molecule has 1 nitrogen and oxygen atoms in total. The molecule has 1 atom stereocenters. The molecular weight excluding hydrogens is 266 g/mol. The predicted molar refractivity (Wildman–Crippen MR) is 90.6 cm³/mol. The quantitative estimate of drug-likeness (QED) is 0.518. The lowest BCUT2D eigenvalue weighted by atomic mass is 9.98. The Hall–Kier alpha value is -0.530. The van der Waals surface area contributed by atoms with Gasteiger partial charge in [0.05, 0.1) is 0 Å². The number of rotatable bonds is 10. The second kappa shape index (κ2) is 10.2. The first kappa shape index (κ1) is 17.5. The van der Waals surface area contributed by atoms with Gasteiger partial charge in [0, 0.05) is 11.1 Å². The van der Waals surface area contributed by atoms with E-state index in [0.717, 1.165) is 17.1 Å². The molecule has 1 N–H and O–H groups in total. The van der Waals surface area contributed by atoms with Crippen molar-refractivity contribution >= 4 is 11.6 Å². The van der Waals surface area contributed by atoms with Crippen LogP contribution in [0, 0.1) is 6.92 Å². The van der Waals surface area contributed by atoms with Crippen molar-refractivity contribution < 1.29 is 0 Å². The second-order valence-electron chi connectivity index (χ2n) is 5.68. The van der Waals surface area contributed by atoms with E-state index in [2.05, 4.69) is 44.3 Å². The van der Waals surface area contributed by atoms with Crippen LogP contribution in [0.2, 0.25) is 5.02 Å². The van der Waals surface area contributed by atoms with Crippen LogP contribution in [0.15, 0.2) is 18.2 Å². The van der Waals surface area contributed by atoms with Gasteiger partial charge in [0.15, 0.2) is 0 Å². The zero-order valence-corrected chi connectivity index (χ0v) is 14.1. The number of aryl methyl sites for hydroxylation is 1. The minimum absolute atomic E-state index is 0.448. The Bertz CT molecular complexity index is 376. The van der Waals surface area contributed by atoms with Crippen molar-refractivity contribution in [3.63, 3.8) is 0 Å². The largest absolute Gasteiger partial charge is 0.310 e. The van der Waals surface area contributed by atoms with Gasteiger partial charge in [0.1, 0.15) is 0 Å². The molecular formula is C18H30ClN. The van der Waals surface area contributed by atoms with E-state index in [4.69, 9.17) is 11.6 Å². The van der Waals surface area contributed by atoms with Gasteiger partial charge in [0.25, 0.3) is 0 Å². The maximum atomic E-state index is 6.25. The molecule has 0 aromatic heterocycles. The van der Waals surface area contributed by atoms with Gasteiger partial charge in [-0.05, 0) is 37.1 Å². The summed E-state index contributed by atoms with van der Waals surface area (Å²) in [6, 6.07) is 6.92. The van der Waals surface area contributed by atoms with E-state index in [9.17, 15) is 0 Å². The van der Waals surface area contributed by atoms with E-state index < -0.39 is 0 Å². The highest BCUT2D eigenvalue weighted by molar-refractivity contribution is 6.31. The minimum Gasteiger partial charge on any atom is -0.310 e. The molecule has 20 heavy (non-hydrogen) atoms. The zero-order valence-electron chi connectivity index (χ0n) is 13.3. The van der Waals surface area contributed by atoms with Crippen molar-refractivity contribution in [2.75, 3.05) is 6.54 Å². The zero-order chi connectivity index (χ0) is 14.8. The van der Waals surface area contributed by atoms with Crippen LogP contribution < -0.4 is 5.32 Å². The first-order chi connectivity index (χ1) is 9.69. The van der Waals surface area contributed by atoms with E-state index in [1.165, 1.54) is 50.5 Å². The summed E-state index contributed by atoms with van der Waals surface area (Å²) in [5, 5.41) is 4.47. The van der Waals surface area contributed by atoms with Gasteiger partial charge in [-0.25, -0.2) is 0 Å². The third-order valence-electron chi connectivity index (χ3n) is 3.90. The SMILES string of the molecule is CCCCCCCCC(NCC)c1ccc(C)c(Cl)c1. The van der Waals surface area contributed by atoms with Gasteiger partial charge in [0.2, 0.25) is 0 Å². The molecule has 0 saturated heterocycles. The standard InChI is InChI=1S/C18H30ClN/c1-4-6-7-8-9-10-11-18(20-5-2)16-13-12-15(3)17(19)14-16/h12-14,18,20H,4-11H2,1-3H3. The summed E-state index contributed by atoms with van der Waals surface area (Å²) in [5.41, 5.74) is 2.49. The fraction of sp³-hybridized carbons (Fsp3) is 0.667. The lowest BCUT2D eigenvalue weighted by Gasteiger charge is -2.19. The highest BCUT2D eigenvalue weighted by Gasteiger charge is 2.11. The number of hydrogen-bond acceptors (Lipinski definition) is 1. The van der Waals surface area contributed by atoms with Crippen molar-refractivity contribution in [3.05, 3.63) is 34.3 Å². The molecule has 0 saturated carbocycles. The normalized spacial score (nSPS) is 12.6. The topological polar surface area (TPSA) is 12.0 Å². The fourth-order valence-electron chi connectivity index (χ4n) is 2.59. The molecule has 0 fully saturated rings. The number of halogens is 1. The van der Waals surface area contributed by atoms with Gasteiger partial charge < -0.3 is 5.32 Å². The van der Waals surface area contributed by atoms with E-state index >= 15 is 0 Å². The van der Waals surface area contributed by atoms with Gasteiger partial charge in [-0.2, -0.15) is 0 Å². The summed E-state index contributed by atoms with van der Waals surface area (Å²) >= 11 is 6.25. The predicted octanol–water partition coefficient (Wildman–Crippen LogP) is 6.05. The lowest BCUT2D eigenvalue weighted by molar-refractivity contribution is 0.477. The molecule has 1 aromatic carbocycles. The van der Waals surface area contributed by atoms with Crippen LogP contribution in [0.4, 0.5) is 0 Å². The highest BCUT2D eigenvalue weighted by Crippen LogP contribution is 2.25. The molecule has 0 radical (unpaired) electrons. The first-order valence-electron chi connectivity index (χ1n) is 8.18. The first-order valence-corrected chi connectivity index (χ1v) is 8.56. The summed E-state index contributed by atoms with van der Waals surface area (Å²) < 4.78 is 0. The average Bonchev–Trinajstić information content (AvgIpc) is 2.44. The molecule has 1 unspecified atom stereocenters. The number of unbranched alkanes of at least 4 members (excludes halogenated alkanes) is 5. The molecule has 2 heteroatoms. The molecule has 0 amide bonds. The van der Waals surface area contributed by atoms with Crippen molar-refractivity contribution in [3.8, 4) is 0 Å². The maximum Gasteiger partial charge on any atom is 0.0438 e. The van der Waals surface area contributed by atoms with Crippen LogP contribution in [-0.2, 0) is 0 Å². The van der Waals surface area contributed by atoms with Crippen molar-refractivity contribution in [2.24, 2.45) is 0 Å². The monoisotopic (exact) mass is 295 g/mol. The third kappa shape index (κ3) is 6.28. The van der Waals surface area contributed by atoms with E-state index in [-0.39, 0.29) is 0 Å². The summed E-state index contributed by atoms with van der Waals surface area (Å²) in [6.45, 7) is 7.50. The van der Waals surface area contributed by atoms with Crippen molar-refractivity contribution in [1.29, 1.82) is 0 Å². The average molecular weight is 296 g/mol. The smallest absolute Gasteiger partial charge is 0.0438 e. The van der Waals surface area contributed by atoms with Crippen LogP contribution >= 0.6 is 11.6 Å². The molecule has 0 aliphatic rings. The van der Waals surface area contributed by atoms with Crippen LogP contribution in [0.1, 0.15) is 76.0 Å². The van der Waals surface area contributed by atoms with Crippen molar-refractivity contribution in [2.45, 2.75) is 71.8 Å². The molecule has 0 heterocycles. The number of nitrogens with one attached hydrogen (secondary N) is 1. The Morgan fingerprint density at radius 1 is 1.05 bits per heavy atom. The minimum atomic E-state index is 0.448. The van der Waals surface area contributed by atoms with E-state index in [1.54, 1.807) is 0 Å². The van der Waals surface area contributed by atoms with Crippen LogP contribution in [0.5, 0.6) is 0 Å². The van der Waals surface area contributed by atoms with E-state index in [1.807, 2.05) is 0 Å². The van der Waals surface area contributed by atoms with Crippen LogP contribution in [-0.4, -0.2) is 6.54 Å². The van der Waals surface area contributed by atoms with E-state index in [0.29, 0.717) is 6.04 Å². The molecule has 0 spiro atoms. The van der Waals surface area contributed by atoms with Gasteiger partial charge in [-0.1, -0.05) is 76.1 Å². The fourth-order valence-corrected chi connectivity index (χ4v) is 2.78. The Balaban J connectivity index is 2.45.